The van der Waals surface area contributed by atoms with Gasteiger partial charge in [0.15, 0.2) is 17.8 Å². The third kappa shape index (κ3) is 4.54. The largest absolute Gasteiger partial charge is 0.504 e. The van der Waals surface area contributed by atoms with Gasteiger partial charge in [0.1, 0.15) is 42.2 Å². The van der Waals surface area contributed by atoms with Crippen LogP contribution < -0.4 is 4.74 Å². The number of carbonyl (C=O) groups excluding carboxylic acids is 1. The molecule has 1 aromatic carbocycles. The second kappa shape index (κ2) is 10.4. The highest BCUT2D eigenvalue weighted by molar-refractivity contribution is 5.87. The lowest BCUT2D eigenvalue weighted by atomic mass is 9.85. The van der Waals surface area contributed by atoms with Crippen LogP contribution in [0.4, 0.5) is 0 Å². The van der Waals surface area contributed by atoms with Gasteiger partial charge < -0.3 is 59.1 Å². The smallest absolute Gasteiger partial charge is 0.331 e. The lowest BCUT2D eigenvalue weighted by molar-refractivity contribution is -0.344. The van der Waals surface area contributed by atoms with Crippen LogP contribution in [-0.4, -0.2) is 112 Å². The number of aromatic hydroxyl groups is 1. The van der Waals surface area contributed by atoms with Gasteiger partial charge in [-0.2, -0.15) is 0 Å². The Labute approximate surface area is 217 Å². The second-order valence-corrected chi connectivity index (χ2v) is 9.59. The molecule has 208 valence electrons. The number of methoxy groups -OCH3 is 1. The van der Waals surface area contributed by atoms with E-state index in [1.807, 2.05) is 0 Å². The van der Waals surface area contributed by atoms with Gasteiger partial charge >= 0.3 is 5.97 Å². The molecule has 1 aliphatic carbocycles. The van der Waals surface area contributed by atoms with Gasteiger partial charge in [0.2, 0.25) is 6.29 Å². The minimum absolute atomic E-state index is 0.0396. The molecule has 13 heteroatoms. The zero-order valence-electron chi connectivity index (χ0n) is 20.3. The summed E-state index contributed by atoms with van der Waals surface area (Å²) in [6, 6.07) is 4.57. The molecule has 6 N–H and O–H groups in total. The molecule has 0 radical (unpaired) electrons. The standard InChI is InChI=1S/C25H30O13/c1-33-14-8-11(2-4-13(14)28)3-5-16(29)36-21-12-6-7-34-23(17(12)25(10-27)22(21)38-25)37-24-20(32)19(31)18(30)15(9-26)35-24/h2-8,12,15,17-24,26-28,30-32H,9-10H2,1H3/b5-3+/t12-,15?,17-,18?,19?,20?,21?,22?,23?,24?,25-/m1/s1. The summed E-state index contributed by atoms with van der Waals surface area (Å²) in [6.07, 6.45) is -4.38. The molecule has 0 bridgehead atoms. The molecule has 5 rings (SSSR count). The molecule has 1 aromatic rings. The third-order valence-electron chi connectivity index (χ3n) is 7.47. The molecule has 13 nitrogen and oxygen atoms in total. The van der Waals surface area contributed by atoms with Crippen molar-refractivity contribution in [2.45, 2.75) is 54.8 Å². The van der Waals surface area contributed by atoms with Crippen molar-refractivity contribution in [3.8, 4) is 11.5 Å². The quantitative estimate of drug-likeness (QED) is 0.126. The first kappa shape index (κ1) is 26.8. The first-order chi connectivity index (χ1) is 18.2. The number of esters is 1. The first-order valence-corrected chi connectivity index (χ1v) is 12.1. The Morgan fingerprint density at radius 3 is 2.63 bits per heavy atom. The number of aliphatic hydroxyl groups is 5. The number of phenols is 1. The van der Waals surface area contributed by atoms with Gasteiger partial charge in [0.05, 0.1) is 32.5 Å². The topological polar surface area (TPSA) is 197 Å². The molecule has 3 fully saturated rings. The fourth-order valence-electron chi connectivity index (χ4n) is 5.42. The average Bonchev–Trinajstić information content (AvgIpc) is 3.60. The van der Waals surface area contributed by atoms with Crippen molar-refractivity contribution in [3.63, 3.8) is 0 Å². The number of fused-ring (bicyclic) bond motifs is 3. The van der Waals surface area contributed by atoms with Crippen LogP contribution in [0.1, 0.15) is 5.56 Å². The van der Waals surface area contributed by atoms with E-state index in [2.05, 4.69) is 0 Å². The van der Waals surface area contributed by atoms with Crippen molar-refractivity contribution in [2.75, 3.05) is 20.3 Å². The molecule has 3 heterocycles. The van der Waals surface area contributed by atoms with E-state index in [1.54, 1.807) is 18.2 Å². The average molecular weight is 539 g/mol. The number of hydrogen-bond donors (Lipinski definition) is 6. The Balaban J connectivity index is 1.29. The van der Waals surface area contributed by atoms with Gasteiger partial charge in [-0.25, -0.2) is 4.79 Å². The van der Waals surface area contributed by atoms with Crippen molar-refractivity contribution in [1.29, 1.82) is 0 Å². The van der Waals surface area contributed by atoms with Crippen LogP contribution in [0.15, 0.2) is 36.6 Å². The SMILES string of the molecule is COc1cc(/C=C/C(=O)OC2C3O[C@]3(CO)[C@H]3C(OC4OC(CO)C(O)C(O)C4O)OC=C[C@@H]23)ccc1O. The van der Waals surface area contributed by atoms with Crippen LogP contribution in [-0.2, 0) is 28.5 Å². The zero-order valence-corrected chi connectivity index (χ0v) is 20.3. The highest BCUT2D eigenvalue weighted by atomic mass is 16.8. The van der Waals surface area contributed by atoms with Crippen molar-refractivity contribution in [1.82, 2.24) is 0 Å². The highest BCUT2D eigenvalue weighted by Gasteiger charge is 2.77. The minimum Gasteiger partial charge on any atom is -0.504 e. The van der Waals surface area contributed by atoms with Gasteiger partial charge in [0, 0.05) is 12.0 Å². The van der Waals surface area contributed by atoms with Crippen molar-refractivity contribution in [2.24, 2.45) is 11.8 Å². The summed E-state index contributed by atoms with van der Waals surface area (Å²) in [7, 11) is 1.41. The Morgan fingerprint density at radius 1 is 1.13 bits per heavy atom. The monoisotopic (exact) mass is 538 g/mol. The molecule has 1 saturated carbocycles. The van der Waals surface area contributed by atoms with E-state index in [0.717, 1.165) is 0 Å². The molecular weight excluding hydrogens is 508 g/mol. The number of ether oxygens (including phenoxy) is 6. The predicted octanol–water partition coefficient (Wildman–Crippen LogP) is -1.61. The normalized spacial score (nSPS) is 41.3. The van der Waals surface area contributed by atoms with Crippen LogP contribution in [0.25, 0.3) is 6.08 Å². The molecule has 0 amide bonds. The summed E-state index contributed by atoms with van der Waals surface area (Å²) in [6.45, 7) is -1.06. The number of epoxide rings is 1. The Hall–Kier alpha value is -2.75. The molecule has 2 saturated heterocycles. The maximum absolute atomic E-state index is 12.7. The predicted molar refractivity (Wildman–Crippen MR) is 124 cm³/mol. The van der Waals surface area contributed by atoms with Gasteiger partial charge in [-0.3, -0.25) is 0 Å². The van der Waals surface area contributed by atoms with E-state index in [0.29, 0.717) is 5.56 Å². The van der Waals surface area contributed by atoms with E-state index in [1.165, 1.54) is 31.6 Å². The molecule has 0 aromatic heterocycles. The Morgan fingerprint density at radius 2 is 1.92 bits per heavy atom. The van der Waals surface area contributed by atoms with Crippen LogP contribution in [0.3, 0.4) is 0 Å². The van der Waals surface area contributed by atoms with E-state index in [4.69, 9.17) is 28.4 Å². The van der Waals surface area contributed by atoms with Gasteiger partial charge in [-0.1, -0.05) is 6.07 Å². The summed E-state index contributed by atoms with van der Waals surface area (Å²) in [5, 5.41) is 59.8. The highest BCUT2D eigenvalue weighted by Crippen LogP contribution is 2.60. The summed E-state index contributed by atoms with van der Waals surface area (Å²) < 4.78 is 33.4. The number of hydrogen-bond acceptors (Lipinski definition) is 13. The molecular formula is C25H30O13. The maximum Gasteiger partial charge on any atom is 0.331 e. The summed E-state index contributed by atoms with van der Waals surface area (Å²) in [5.74, 6) is -1.64. The van der Waals surface area contributed by atoms with Crippen molar-refractivity contribution in [3.05, 3.63) is 42.2 Å². The van der Waals surface area contributed by atoms with Crippen molar-refractivity contribution >= 4 is 12.0 Å². The van der Waals surface area contributed by atoms with Crippen molar-refractivity contribution < 1.29 is 63.9 Å². The molecule has 0 spiro atoms. The molecule has 38 heavy (non-hydrogen) atoms. The first-order valence-electron chi connectivity index (χ1n) is 12.1. The van der Waals surface area contributed by atoms with E-state index in [-0.39, 0.29) is 11.5 Å². The number of benzene rings is 1. The van der Waals surface area contributed by atoms with Crippen LogP contribution in [0.2, 0.25) is 0 Å². The maximum atomic E-state index is 12.7. The molecule has 3 aliphatic heterocycles. The lowest BCUT2D eigenvalue weighted by Gasteiger charge is -2.43. The Kier molecular flexibility index (Phi) is 7.37. The zero-order chi connectivity index (χ0) is 27.2. The van der Waals surface area contributed by atoms with E-state index in [9.17, 15) is 35.4 Å². The second-order valence-electron chi connectivity index (χ2n) is 9.59. The molecule has 11 atom stereocenters. The lowest BCUT2D eigenvalue weighted by Crippen LogP contribution is -2.60. The Bertz CT molecular complexity index is 1090. The summed E-state index contributed by atoms with van der Waals surface area (Å²) >= 11 is 0. The number of aliphatic hydroxyl groups excluding tert-OH is 5. The third-order valence-corrected chi connectivity index (χ3v) is 7.47. The molecule has 4 aliphatic rings. The summed E-state index contributed by atoms with van der Waals surface area (Å²) in [5.41, 5.74) is -0.556. The van der Waals surface area contributed by atoms with Crippen LogP contribution in [0, 0.1) is 11.8 Å². The van der Waals surface area contributed by atoms with E-state index < -0.39 is 85.8 Å². The van der Waals surface area contributed by atoms with Gasteiger partial charge in [-0.05, 0) is 29.8 Å². The summed E-state index contributed by atoms with van der Waals surface area (Å²) in [4.78, 5) is 12.7. The van der Waals surface area contributed by atoms with Crippen LogP contribution >= 0.6 is 0 Å². The van der Waals surface area contributed by atoms with Gasteiger partial charge in [-0.15, -0.1) is 0 Å². The van der Waals surface area contributed by atoms with Crippen LogP contribution in [0.5, 0.6) is 11.5 Å². The number of rotatable bonds is 8. The van der Waals surface area contributed by atoms with E-state index >= 15 is 0 Å². The number of carbonyl (C=O) groups is 1. The fourth-order valence-corrected chi connectivity index (χ4v) is 5.42. The molecule has 8 unspecified atom stereocenters. The van der Waals surface area contributed by atoms with Gasteiger partial charge in [0.25, 0.3) is 0 Å². The minimum atomic E-state index is -1.65. The number of phenolic OH excluding ortho intramolecular Hbond substituents is 1. The fraction of sp³-hybridized carbons (Fsp3) is 0.560.